The van der Waals surface area contributed by atoms with Crippen molar-refractivity contribution in [2.45, 2.75) is 19.9 Å². The average Bonchev–Trinajstić information content (AvgIpc) is 2.18. The molecule has 78 valence electrons. The largest absolute Gasteiger partial charge is 0.308 e. The van der Waals surface area contributed by atoms with Crippen LogP contribution in [0, 0.1) is 0 Å². The molecular weight excluding hydrogens is 176 g/mol. The van der Waals surface area contributed by atoms with E-state index in [0.717, 1.165) is 25.2 Å². The van der Waals surface area contributed by atoms with Crippen molar-refractivity contribution in [3.05, 3.63) is 23.9 Å². The van der Waals surface area contributed by atoms with Gasteiger partial charge in [0, 0.05) is 6.54 Å². The summed E-state index contributed by atoms with van der Waals surface area (Å²) in [5.74, 6) is 6.00. The van der Waals surface area contributed by atoms with Crippen LogP contribution in [0.3, 0.4) is 0 Å². The Morgan fingerprint density at radius 3 is 2.93 bits per heavy atom. The Labute approximate surface area is 85.1 Å². The highest BCUT2D eigenvalue weighted by Gasteiger charge is 2.00. The lowest BCUT2D eigenvalue weighted by Gasteiger charge is -2.14. The van der Waals surface area contributed by atoms with Crippen molar-refractivity contribution in [2.75, 3.05) is 19.0 Å². The predicted molar refractivity (Wildman–Crippen MR) is 58.7 cm³/mol. The van der Waals surface area contributed by atoms with Gasteiger partial charge in [-0.05, 0) is 32.1 Å². The van der Waals surface area contributed by atoms with Crippen LogP contribution in [-0.4, -0.2) is 23.5 Å². The molecule has 0 saturated heterocycles. The van der Waals surface area contributed by atoms with Crippen molar-refractivity contribution < 1.29 is 0 Å². The molecule has 0 radical (unpaired) electrons. The van der Waals surface area contributed by atoms with Crippen LogP contribution >= 0.6 is 0 Å². The maximum atomic E-state index is 5.28. The van der Waals surface area contributed by atoms with E-state index in [2.05, 4.69) is 29.3 Å². The fourth-order valence-electron chi connectivity index (χ4n) is 1.39. The van der Waals surface area contributed by atoms with E-state index < -0.39 is 0 Å². The first-order chi connectivity index (χ1) is 6.76. The molecule has 0 aliphatic carbocycles. The molecule has 0 saturated carbocycles. The lowest BCUT2D eigenvalue weighted by Crippen LogP contribution is -2.19. The summed E-state index contributed by atoms with van der Waals surface area (Å²) < 4.78 is 0. The smallest absolute Gasteiger partial charge is 0.140 e. The molecule has 0 aliphatic rings. The second kappa shape index (κ2) is 5.57. The third-order valence-electron chi connectivity index (χ3n) is 1.99. The molecule has 0 spiro atoms. The summed E-state index contributed by atoms with van der Waals surface area (Å²) in [6, 6.07) is 5.81. The minimum atomic E-state index is 0.715. The first-order valence-corrected chi connectivity index (χ1v) is 4.87. The van der Waals surface area contributed by atoms with E-state index in [1.165, 1.54) is 0 Å². The Morgan fingerprint density at radius 1 is 1.50 bits per heavy atom. The van der Waals surface area contributed by atoms with Gasteiger partial charge in [-0.3, -0.25) is 0 Å². The number of hydrazine groups is 1. The number of hydrogen-bond donors (Lipinski definition) is 2. The Kier molecular flexibility index (Phi) is 4.35. The number of pyridine rings is 1. The van der Waals surface area contributed by atoms with Crippen LogP contribution in [0.5, 0.6) is 0 Å². The van der Waals surface area contributed by atoms with Gasteiger partial charge in [-0.15, -0.1) is 0 Å². The van der Waals surface area contributed by atoms with Crippen LogP contribution in [0.25, 0.3) is 0 Å². The molecule has 0 amide bonds. The fourth-order valence-corrected chi connectivity index (χ4v) is 1.39. The molecule has 0 aromatic carbocycles. The van der Waals surface area contributed by atoms with E-state index in [4.69, 9.17) is 5.84 Å². The molecule has 1 aromatic heterocycles. The zero-order chi connectivity index (χ0) is 10.4. The summed E-state index contributed by atoms with van der Waals surface area (Å²) in [6.45, 7) is 4.12. The van der Waals surface area contributed by atoms with Crippen LogP contribution < -0.4 is 11.3 Å². The molecule has 4 heteroatoms. The van der Waals surface area contributed by atoms with Crippen molar-refractivity contribution in [3.8, 4) is 0 Å². The van der Waals surface area contributed by atoms with E-state index in [-0.39, 0.29) is 0 Å². The Morgan fingerprint density at radius 2 is 2.29 bits per heavy atom. The van der Waals surface area contributed by atoms with Gasteiger partial charge in [0.2, 0.25) is 0 Å². The van der Waals surface area contributed by atoms with Crippen molar-refractivity contribution in [1.29, 1.82) is 0 Å². The van der Waals surface area contributed by atoms with E-state index >= 15 is 0 Å². The topological polar surface area (TPSA) is 54.2 Å². The highest BCUT2D eigenvalue weighted by molar-refractivity contribution is 5.33. The molecule has 0 fully saturated rings. The van der Waals surface area contributed by atoms with E-state index in [1.807, 2.05) is 18.2 Å². The van der Waals surface area contributed by atoms with Crippen LogP contribution in [0.2, 0.25) is 0 Å². The predicted octanol–water partition coefficient (Wildman–Crippen LogP) is 1.21. The summed E-state index contributed by atoms with van der Waals surface area (Å²) >= 11 is 0. The van der Waals surface area contributed by atoms with Gasteiger partial charge >= 0.3 is 0 Å². The first-order valence-electron chi connectivity index (χ1n) is 4.87. The van der Waals surface area contributed by atoms with E-state index in [1.54, 1.807) is 0 Å². The molecular formula is C10H18N4. The Hall–Kier alpha value is -1.13. The maximum Gasteiger partial charge on any atom is 0.140 e. The summed E-state index contributed by atoms with van der Waals surface area (Å²) in [5, 5.41) is 0. The van der Waals surface area contributed by atoms with Gasteiger partial charge in [-0.2, -0.15) is 0 Å². The summed E-state index contributed by atoms with van der Waals surface area (Å²) in [6.07, 6.45) is 1.16. The van der Waals surface area contributed by atoms with Crippen LogP contribution in [-0.2, 0) is 6.54 Å². The van der Waals surface area contributed by atoms with Crippen molar-refractivity contribution in [1.82, 2.24) is 9.88 Å². The summed E-state index contributed by atoms with van der Waals surface area (Å²) in [5.41, 5.74) is 3.58. The molecule has 0 aliphatic heterocycles. The second-order valence-electron chi connectivity index (χ2n) is 3.40. The zero-order valence-corrected chi connectivity index (χ0v) is 8.83. The lowest BCUT2D eigenvalue weighted by atomic mass is 10.3. The third-order valence-corrected chi connectivity index (χ3v) is 1.99. The molecule has 14 heavy (non-hydrogen) atoms. The van der Waals surface area contributed by atoms with Gasteiger partial charge < -0.3 is 10.3 Å². The van der Waals surface area contributed by atoms with E-state index in [0.29, 0.717) is 5.82 Å². The van der Waals surface area contributed by atoms with E-state index in [9.17, 15) is 0 Å². The van der Waals surface area contributed by atoms with Gasteiger partial charge in [-0.1, -0.05) is 13.0 Å². The quantitative estimate of drug-likeness (QED) is 0.546. The van der Waals surface area contributed by atoms with Gasteiger partial charge in [0.1, 0.15) is 5.82 Å². The van der Waals surface area contributed by atoms with Gasteiger partial charge in [-0.25, -0.2) is 10.8 Å². The molecule has 0 atom stereocenters. The van der Waals surface area contributed by atoms with Crippen molar-refractivity contribution in [2.24, 2.45) is 5.84 Å². The Balaban J connectivity index is 2.57. The zero-order valence-electron chi connectivity index (χ0n) is 8.83. The number of anilines is 1. The minimum Gasteiger partial charge on any atom is -0.308 e. The molecule has 4 nitrogen and oxygen atoms in total. The van der Waals surface area contributed by atoms with Crippen LogP contribution in [0.4, 0.5) is 5.82 Å². The Bertz CT molecular complexity index is 275. The summed E-state index contributed by atoms with van der Waals surface area (Å²) in [7, 11) is 2.09. The molecule has 1 rings (SSSR count). The number of nitrogens with two attached hydrogens (primary N) is 1. The number of nitrogens with zero attached hydrogens (tertiary/aromatic N) is 2. The highest BCUT2D eigenvalue weighted by atomic mass is 15.2. The maximum absolute atomic E-state index is 5.28. The number of hydrogen-bond acceptors (Lipinski definition) is 4. The van der Waals surface area contributed by atoms with Gasteiger partial charge in [0.05, 0.1) is 5.69 Å². The normalized spacial score (nSPS) is 10.6. The molecule has 0 bridgehead atoms. The van der Waals surface area contributed by atoms with Crippen LogP contribution in [0.1, 0.15) is 19.0 Å². The fraction of sp³-hybridized carbons (Fsp3) is 0.500. The molecule has 3 N–H and O–H groups in total. The SMILES string of the molecule is CCCN(C)Cc1cccc(NN)n1. The molecule has 0 unspecified atom stereocenters. The summed E-state index contributed by atoms with van der Waals surface area (Å²) in [4.78, 5) is 6.57. The van der Waals surface area contributed by atoms with Gasteiger partial charge in [0.25, 0.3) is 0 Å². The lowest BCUT2D eigenvalue weighted by molar-refractivity contribution is 0.324. The molecule has 1 heterocycles. The standard InChI is InChI=1S/C10H18N4/c1-3-7-14(2)8-9-5-4-6-10(12-9)13-11/h4-6H,3,7-8,11H2,1-2H3,(H,12,13). The van der Waals surface area contributed by atoms with Crippen molar-refractivity contribution >= 4 is 5.82 Å². The number of aromatic nitrogens is 1. The number of nitrogen functional groups attached to an aromatic ring is 1. The third kappa shape index (κ3) is 3.32. The second-order valence-corrected chi connectivity index (χ2v) is 3.40. The van der Waals surface area contributed by atoms with Gasteiger partial charge in [0.15, 0.2) is 0 Å². The number of rotatable bonds is 5. The molecule has 1 aromatic rings. The first kappa shape index (κ1) is 10.9. The minimum absolute atomic E-state index is 0.715. The number of nitrogens with one attached hydrogen (secondary N) is 1. The monoisotopic (exact) mass is 194 g/mol. The van der Waals surface area contributed by atoms with Crippen LogP contribution in [0.15, 0.2) is 18.2 Å². The van der Waals surface area contributed by atoms with Crippen molar-refractivity contribution in [3.63, 3.8) is 0 Å². The highest BCUT2D eigenvalue weighted by Crippen LogP contribution is 2.05. The average molecular weight is 194 g/mol.